The number of thioether (sulfide) groups is 1. The molecule has 0 atom stereocenters. The molecule has 1 N–H and O–H groups in total. The van der Waals surface area contributed by atoms with Gasteiger partial charge in [0.15, 0.2) is 5.16 Å². The molecular formula is C11H8F2N2OS. The van der Waals surface area contributed by atoms with Gasteiger partial charge in [-0.2, -0.15) is 0 Å². The van der Waals surface area contributed by atoms with Gasteiger partial charge in [-0.25, -0.2) is 13.8 Å². The summed E-state index contributed by atoms with van der Waals surface area (Å²) in [6.45, 7) is 0. The molecule has 0 fully saturated rings. The zero-order chi connectivity index (χ0) is 12.3. The molecule has 3 nitrogen and oxygen atoms in total. The minimum atomic E-state index is -0.616. The Hall–Kier alpha value is -1.69. The third-order valence-corrected chi connectivity index (χ3v) is 2.90. The van der Waals surface area contributed by atoms with Crippen LogP contribution in [-0.2, 0) is 5.75 Å². The van der Waals surface area contributed by atoms with Crippen LogP contribution in [0.5, 0.6) is 0 Å². The van der Waals surface area contributed by atoms with Crippen molar-refractivity contribution < 1.29 is 8.78 Å². The molecule has 88 valence electrons. The smallest absolute Gasteiger partial charge is 0.251 e. The number of hydrogen-bond acceptors (Lipinski definition) is 3. The van der Waals surface area contributed by atoms with Gasteiger partial charge in [-0.15, -0.1) is 0 Å². The Morgan fingerprint density at radius 3 is 2.59 bits per heavy atom. The van der Waals surface area contributed by atoms with Crippen molar-refractivity contribution >= 4 is 11.8 Å². The predicted molar refractivity (Wildman–Crippen MR) is 60.8 cm³/mol. The van der Waals surface area contributed by atoms with Gasteiger partial charge in [0.1, 0.15) is 11.6 Å². The standard InChI is InChI=1S/C11H8F2N2OS/c12-8-3-7(4-9(13)5-8)6-17-11-14-2-1-10(16)15-11/h1-5H,6H2,(H,14,15,16). The lowest BCUT2D eigenvalue weighted by Crippen LogP contribution is -2.05. The Morgan fingerprint density at radius 2 is 1.94 bits per heavy atom. The summed E-state index contributed by atoms with van der Waals surface area (Å²) in [7, 11) is 0. The van der Waals surface area contributed by atoms with Crippen molar-refractivity contribution in [3.8, 4) is 0 Å². The Labute approximate surface area is 99.9 Å². The summed E-state index contributed by atoms with van der Waals surface area (Å²) in [5.41, 5.74) is 0.243. The average molecular weight is 254 g/mol. The van der Waals surface area contributed by atoms with E-state index in [4.69, 9.17) is 0 Å². The second kappa shape index (κ2) is 5.09. The van der Waals surface area contributed by atoms with Gasteiger partial charge in [0.05, 0.1) is 0 Å². The SMILES string of the molecule is O=c1ccnc(SCc2cc(F)cc(F)c2)[nH]1. The molecule has 0 radical (unpaired) electrons. The van der Waals surface area contributed by atoms with Crippen molar-refractivity contribution in [1.29, 1.82) is 0 Å². The lowest BCUT2D eigenvalue weighted by molar-refractivity contribution is 0.581. The van der Waals surface area contributed by atoms with Gasteiger partial charge < -0.3 is 4.98 Å². The van der Waals surface area contributed by atoms with Gasteiger partial charge in [0, 0.05) is 24.1 Å². The summed E-state index contributed by atoms with van der Waals surface area (Å²) < 4.78 is 25.8. The third kappa shape index (κ3) is 3.39. The molecule has 1 aromatic heterocycles. The van der Waals surface area contributed by atoms with Crippen molar-refractivity contribution in [2.45, 2.75) is 10.9 Å². The van der Waals surface area contributed by atoms with Gasteiger partial charge in [0.2, 0.25) is 0 Å². The van der Waals surface area contributed by atoms with E-state index in [1.54, 1.807) is 0 Å². The Kier molecular flexibility index (Phi) is 3.53. The normalized spacial score (nSPS) is 10.5. The fourth-order valence-corrected chi connectivity index (χ4v) is 2.05. The number of hydrogen-bond donors (Lipinski definition) is 1. The van der Waals surface area contributed by atoms with Crippen LogP contribution in [0.2, 0.25) is 0 Å². The zero-order valence-electron chi connectivity index (χ0n) is 8.61. The Balaban J connectivity index is 2.09. The van der Waals surface area contributed by atoms with Crippen LogP contribution in [0.4, 0.5) is 8.78 Å². The van der Waals surface area contributed by atoms with Crippen LogP contribution in [0.15, 0.2) is 40.4 Å². The van der Waals surface area contributed by atoms with Crippen LogP contribution >= 0.6 is 11.8 Å². The molecule has 6 heteroatoms. The van der Waals surface area contributed by atoms with Gasteiger partial charge in [-0.1, -0.05) is 11.8 Å². The van der Waals surface area contributed by atoms with E-state index in [0.717, 1.165) is 6.07 Å². The Morgan fingerprint density at radius 1 is 1.24 bits per heavy atom. The maximum atomic E-state index is 12.9. The molecule has 0 aliphatic rings. The van der Waals surface area contributed by atoms with Crippen LogP contribution < -0.4 is 5.56 Å². The molecule has 0 bridgehead atoms. The number of halogens is 2. The van der Waals surface area contributed by atoms with Crippen molar-refractivity contribution in [3.05, 3.63) is 58.0 Å². The zero-order valence-corrected chi connectivity index (χ0v) is 9.43. The summed E-state index contributed by atoms with van der Waals surface area (Å²) in [5, 5.41) is 0.419. The lowest BCUT2D eigenvalue weighted by atomic mass is 10.2. The van der Waals surface area contributed by atoms with Gasteiger partial charge in [-0.3, -0.25) is 4.79 Å². The molecule has 2 rings (SSSR count). The second-order valence-corrected chi connectivity index (χ2v) is 4.27. The van der Waals surface area contributed by atoms with E-state index >= 15 is 0 Å². The highest BCUT2D eigenvalue weighted by molar-refractivity contribution is 7.98. The number of nitrogens with one attached hydrogen (secondary N) is 1. The number of aromatic nitrogens is 2. The molecule has 17 heavy (non-hydrogen) atoms. The first kappa shape index (κ1) is 11.8. The highest BCUT2D eigenvalue weighted by atomic mass is 32.2. The first-order valence-electron chi connectivity index (χ1n) is 4.76. The van der Waals surface area contributed by atoms with E-state index in [-0.39, 0.29) is 5.56 Å². The highest BCUT2D eigenvalue weighted by Crippen LogP contribution is 2.19. The van der Waals surface area contributed by atoms with Gasteiger partial charge >= 0.3 is 0 Å². The van der Waals surface area contributed by atoms with E-state index in [2.05, 4.69) is 9.97 Å². The Bertz CT molecular complexity index is 565. The van der Waals surface area contributed by atoms with Gasteiger partial charge in [0.25, 0.3) is 5.56 Å². The number of benzene rings is 1. The van der Waals surface area contributed by atoms with Crippen LogP contribution in [0.25, 0.3) is 0 Å². The maximum Gasteiger partial charge on any atom is 0.251 e. The van der Waals surface area contributed by atoms with Crippen LogP contribution in [-0.4, -0.2) is 9.97 Å². The summed E-state index contributed by atoms with van der Waals surface area (Å²) in [4.78, 5) is 17.4. The average Bonchev–Trinajstić information content (AvgIpc) is 2.25. The first-order valence-corrected chi connectivity index (χ1v) is 5.75. The number of aromatic amines is 1. The topological polar surface area (TPSA) is 45.8 Å². The van der Waals surface area contributed by atoms with E-state index in [1.807, 2.05) is 0 Å². The molecular weight excluding hydrogens is 246 g/mol. The number of H-pyrrole nitrogens is 1. The van der Waals surface area contributed by atoms with Crippen molar-refractivity contribution in [3.63, 3.8) is 0 Å². The van der Waals surface area contributed by atoms with Crippen LogP contribution in [0.3, 0.4) is 0 Å². The molecule has 0 aliphatic heterocycles. The van der Waals surface area contributed by atoms with E-state index in [0.29, 0.717) is 16.5 Å². The molecule has 1 heterocycles. The molecule has 0 amide bonds. The first-order chi connectivity index (χ1) is 8.13. The molecule has 1 aromatic carbocycles. The summed E-state index contributed by atoms with van der Waals surface area (Å²) in [5.74, 6) is -0.896. The minimum absolute atomic E-state index is 0.257. The summed E-state index contributed by atoms with van der Waals surface area (Å²) >= 11 is 1.21. The van der Waals surface area contributed by atoms with Crippen LogP contribution in [0.1, 0.15) is 5.56 Å². The number of nitrogens with zero attached hydrogens (tertiary/aromatic N) is 1. The third-order valence-electron chi connectivity index (χ3n) is 1.95. The molecule has 0 spiro atoms. The van der Waals surface area contributed by atoms with Crippen molar-refractivity contribution in [2.75, 3.05) is 0 Å². The minimum Gasteiger partial charge on any atom is -0.301 e. The largest absolute Gasteiger partial charge is 0.301 e. The van der Waals surface area contributed by atoms with Gasteiger partial charge in [-0.05, 0) is 17.7 Å². The van der Waals surface area contributed by atoms with E-state index in [1.165, 1.54) is 36.2 Å². The second-order valence-electron chi connectivity index (χ2n) is 3.31. The molecule has 2 aromatic rings. The molecule has 0 unspecified atom stereocenters. The quantitative estimate of drug-likeness (QED) is 0.675. The van der Waals surface area contributed by atoms with Crippen LogP contribution in [0, 0.1) is 11.6 Å². The predicted octanol–water partition coefficient (Wildman–Crippen LogP) is 2.34. The van der Waals surface area contributed by atoms with Crippen molar-refractivity contribution in [1.82, 2.24) is 9.97 Å². The molecule has 0 saturated heterocycles. The fourth-order valence-electron chi connectivity index (χ4n) is 1.27. The summed E-state index contributed by atoms with van der Waals surface area (Å²) in [6, 6.07) is 4.61. The van der Waals surface area contributed by atoms with Crippen molar-refractivity contribution in [2.24, 2.45) is 0 Å². The highest BCUT2D eigenvalue weighted by Gasteiger charge is 2.02. The molecule has 0 saturated carbocycles. The summed E-state index contributed by atoms with van der Waals surface area (Å²) in [6.07, 6.45) is 1.38. The fraction of sp³-hybridized carbons (Fsp3) is 0.0909. The molecule has 0 aliphatic carbocycles. The maximum absolute atomic E-state index is 12.9. The van der Waals surface area contributed by atoms with E-state index < -0.39 is 11.6 Å². The van der Waals surface area contributed by atoms with E-state index in [9.17, 15) is 13.6 Å². The monoisotopic (exact) mass is 254 g/mol. The lowest BCUT2D eigenvalue weighted by Gasteiger charge is -2.01. The number of rotatable bonds is 3.